The van der Waals surface area contributed by atoms with Crippen LogP contribution in [0.25, 0.3) is 0 Å². The van der Waals surface area contributed by atoms with Gasteiger partial charge < -0.3 is 14.2 Å². The van der Waals surface area contributed by atoms with E-state index in [9.17, 15) is 14.4 Å². The van der Waals surface area contributed by atoms with Gasteiger partial charge in [0.05, 0.1) is 0 Å². The molecule has 0 rings (SSSR count). The van der Waals surface area contributed by atoms with Crippen LogP contribution in [0.15, 0.2) is 0 Å². The van der Waals surface area contributed by atoms with E-state index < -0.39 is 6.10 Å². The maximum atomic E-state index is 12.7. The second-order valence-electron chi connectivity index (χ2n) is 16.2. The lowest BCUT2D eigenvalue weighted by atomic mass is 10.0. The van der Waals surface area contributed by atoms with E-state index in [4.69, 9.17) is 14.2 Å². The smallest absolute Gasteiger partial charge is 0.306 e. The van der Waals surface area contributed by atoms with Crippen molar-refractivity contribution >= 4 is 17.9 Å². The van der Waals surface area contributed by atoms with Crippen LogP contribution in [0.4, 0.5) is 0 Å². The van der Waals surface area contributed by atoms with Gasteiger partial charge in [-0.15, -0.1) is 0 Å². The Morgan fingerprint density at radius 1 is 0.365 bits per heavy atom. The second-order valence-corrected chi connectivity index (χ2v) is 16.2. The molecule has 0 N–H and O–H groups in total. The molecule has 0 bridgehead atoms. The summed E-state index contributed by atoms with van der Waals surface area (Å²) in [6, 6.07) is 0. The Hall–Kier alpha value is -1.59. The lowest BCUT2D eigenvalue weighted by molar-refractivity contribution is -0.167. The van der Waals surface area contributed by atoms with Crippen molar-refractivity contribution in [3.05, 3.63) is 0 Å². The summed E-state index contributed by atoms with van der Waals surface area (Å²) < 4.78 is 16.7. The normalized spacial score (nSPS) is 11.9. The van der Waals surface area contributed by atoms with Gasteiger partial charge in [0, 0.05) is 19.3 Å². The third-order valence-corrected chi connectivity index (χ3v) is 10.3. The van der Waals surface area contributed by atoms with E-state index >= 15 is 0 Å². The fourth-order valence-corrected chi connectivity index (χ4v) is 6.80. The molecule has 0 amide bonds. The summed E-state index contributed by atoms with van der Waals surface area (Å²) in [7, 11) is 0. The van der Waals surface area contributed by atoms with Gasteiger partial charge in [-0.2, -0.15) is 0 Å². The van der Waals surface area contributed by atoms with Crippen LogP contribution in [0.3, 0.4) is 0 Å². The molecule has 1 atom stereocenters. The zero-order chi connectivity index (χ0) is 38.2. The fraction of sp³-hybridized carbons (Fsp3) is 0.935. The van der Waals surface area contributed by atoms with Crippen molar-refractivity contribution in [3.8, 4) is 0 Å². The minimum atomic E-state index is -0.758. The molecule has 0 aliphatic heterocycles. The Balaban J connectivity index is 4.25. The van der Waals surface area contributed by atoms with Crippen molar-refractivity contribution < 1.29 is 28.6 Å². The first-order valence-corrected chi connectivity index (χ1v) is 22.9. The number of unbranched alkanes of at least 4 members (excludes halogenated alkanes) is 28. The first-order valence-electron chi connectivity index (χ1n) is 22.9. The average molecular weight is 737 g/mol. The first-order chi connectivity index (χ1) is 25.4. The second kappa shape index (κ2) is 40.6. The van der Waals surface area contributed by atoms with Gasteiger partial charge in [0.25, 0.3) is 0 Å². The van der Waals surface area contributed by atoms with Crippen LogP contribution in [-0.2, 0) is 28.6 Å². The molecule has 0 aromatic carbocycles. The van der Waals surface area contributed by atoms with E-state index in [-0.39, 0.29) is 31.1 Å². The van der Waals surface area contributed by atoms with Crippen LogP contribution >= 0.6 is 0 Å². The molecule has 0 saturated heterocycles. The molecule has 6 nitrogen and oxygen atoms in total. The van der Waals surface area contributed by atoms with Gasteiger partial charge in [0.15, 0.2) is 6.10 Å². The maximum Gasteiger partial charge on any atom is 0.306 e. The quantitative estimate of drug-likeness (QED) is 0.0353. The van der Waals surface area contributed by atoms with E-state index in [1.807, 2.05) is 0 Å². The van der Waals surface area contributed by atoms with Crippen molar-refractivity contribution in [2.24, 2.45) is 5.92 Å². The van der Waals surface area contributed by atoms with E-state index in [0.717, 1.165) is 63.7 Å². The standard InChI is InChI=1S/C46H88O6/c1-5-7-9-11-13-14-15-16-17-18-19-22-26-30-34-38-45(48)51-41-43(40-50-44(47)37-33-29-24-12-10-8-6-2)52-46(49)39-35-31-27-23-20-21-25-28-32-36-42(3)4/h42-43H,5-41H2,1-4H3/t43-/m1/s1. The Bertz CT molecular complexity index is 781. The SMILES string of the molecule is CCCCCCCCCCCCCCCCCC(=O)OC[C@@H](COC(=O)CCCCCCCCC)OC(=O)CCCCCCCCCCCC(C)C. The molecule has 0 spiro atoms. The molecule has 52 heavy (non-hydrogen) atoms. The molecule has 308 valence electrons. The van der Waals surface area contributed by atoms with Gasteiger partial charge in [0.1, 0.15) is 13.2 Å². The summed E-state index contributed by atoms with van der Waals surface area (Å²) in [5, 5.41) is 0. The van der Waals surface area contributed by atoms with Crippen molar-refractivity contribution in [3.63, 3.8) is 0 Å². The summed E-state index contributed by atoms with van der Waals surface area (Å²) in [5.41, 5.74) is 0. The van der Waals surface area contributed by atoms with Crippen molar-refractivity contribution in [1.82, 2.24) is 0 Å². The zero-order valence-electron chi connectivity index (χ0n) is 35.3. The van der Waals surface area contributed by atoms with Crippen LogP contribution in [0.2, 0.25) is 0 Å². The minimum Gasteiger partial charge on any atom is -0.462 e. The van der Waals surface area contributed by atoms with Gasteiger partial charge in [-0.25, -0.2) is 0 Å². The van der Waals surface area contributed by atoms with Crippen LogP contribution in [0.5, 0.6) is 0 Å². The molecule has 0 aromatic rings. The Kier molecular flexibility index (Phi) is 39.4. The number of hydrogen-bond donors (Lipinski definition) is 0. The molecule has 6 heteroatoms. The number of carbonyl (C=O) groups is 3. The van der Waals surface area contributed by atoms with Gasteiger partial charge in [0.2, 0.25) is 0 Å². The lowest BCUT2D eigenvalue weighted by Crippen LogP contribution is -2.30. The number of ether oxygens (including phenoxy) is 3. The summed E-state index contributed by atoms with van der Waals surface area (Å²) >= 11 is 0. The molecule has 0 fully saturated rings. The van der Waals surface area contributed by atoms with Crippen LogP contribution in [0, 0.1) is 5.92 Å². The summed E-state index contributed by atoms with van der Waals surface area (Å²) in [4.78, 5) is 37.6. The Morgan fingerprint density at radius 2 is 0.635 bits per heavy atom. The van der Waals surface area contributed by atoms with Gasteiger partial charge in [-0.1, -0.05) is 214 Å². The third kappa shape index (κ3) is 39.6. The highest BCUT2D eigenvalue weighted by Crippen LogP contribution is 2.16. The summed E-state index contributed by atoms with van der Waals surface area (Å²) in [6.45, 7) is 8.94. The molecular weight excluding hydrogens is 648 g/mol. The molecule has 0 aromatic heterocycles. The molecule has 0 aliphatic rings. The highest BCUT2D eigenvalue weighted by atomic mass is 16.6. The highest BCUT2D eigenvalue weighted by Gasteiger charge is 2.19. The maximum absolute atomic E-state index is 12.7. The van der Waals surface area contributed by atoms with E-state index in [2.05, 4.69) is 27.7 Å². The Morgan fingerprint density at radius 3 is 0.942 bits per heavy atom. The summed E-state index contributed by atoms with van der Waals surface area (Å²) in [6.07, 6.45) is 39.5. The zero-order valence-corrected chi connectivity index (χ0v) is 35.3. The van der Waals surface area contributed by atoms with Crippen LogP contribution in [-0.4, -0.2) is 37.2 Å². The fourth-order valence-electron chi connectivity index (χ4n) is 6.80. The lowest BCUT2D eigenvalue weighted by Gasteiger charge is -2.18. The number of rotatable bonds is 41. The molecule has 0 heterocycles. The van der Waals surface area contributed by atoms with E-state index in [1.165, 1.54) is 148 Å². The average Bonchev–Trinajstić information content (AvgIpc) is 3.12. The van der Waals surface area contributed by atoms with Crippen LogP contribution < -0.4 is 0 Å². The van der Waals surface area contributed by atoms with E-state index in [0.29, 0.717) is 19.3 Å². The molecule has 0 saturated carbocycles. The topological polar surface area (TPSA) is 78.9 Å². The summed E-state index contributed by atoms with van der Waals surface area (Å²) in [5.74, 6) is -0.0549. The van der Waals surface area contributed by atoms with Gasteiger partial charge in [-0.3, -0.25) is 14.4 Å². The van der Waals surface area contributed by atoms with Gasteiger partial charge in [-0.05, 0) is 25.2 Å². The monoisotopic (exact) mass is 737 g/mol. The number of carbonyl (C=O) groups excluding carboxylic acids is 3. The van der Waals surface area contributed by atoms with Crippen molar-refractivity contribution in [2.75, 3.05) is 13.2 Å². The molecule has 0 aliphatic carbocycles. The number of esters is 3. The molecular formula is C46H88O6. The van der Waals surface area contributed by atoms with Crippen molar-refractivity contribution in [1.29, 1.82) is 0 Å². The largest absolute Gasteiger partial charge is 0.462 e. The minimum absolute atomic E-state index is 0.0643. The highest BCUT2D eigenvalue weighted by molar-refractivity contribution is 5.71. The first kappa shape index (κ1) is 50.4. The predicted molar refractivity (Wildman–Crippen MR) is 220 cm³/mol. The third-order valence-electron chi connectivity index (χ3n) is 10.3. The number of hydrogen-bond acceptors (Lipinski definition) is 6. The Labute approximate surface area is 323 Å². The van der Waals surface area contributed by atoms with E-state index in [1.54, 1.807) is 0 Å². The predicted octanol–water partition coefficient (Wildman–Crippen LogP) is 14.3. The molecule has 0 radical (unpaired) electrons. The molecule has 0 unspecified atom stereocenters. The van der Waals surface area contributed by atoms with Gasteiger partial charge >= 0.3 is 17.9 Å². The van der Waals surface area contributed by atoms with Crippen molar-refractivity contribution in [2.45, 2.75) is 259 Å². The van der Waals surface area contributed by atoms with Crippen LogP contribution in [0.1, 0.15) is 252 Å².